The largest absolute Gasteiger partial charge is 0.494 e. The van der Waals surface area contributed by atoms with Gasteiger partial charge in [-0.2, -0.15) is 0 Å². The summed E-state index contributed by atoms with van der Waals surface area (Å²) in [6.07, 6.45) is -0.341. The zero-order valence-corrected chi connectivity index (χ0v) is 21.2. The molecule has 0 radical (unpaired) electrons. The Bertz CT molecular complexity index is 963. The van der Waals surface area contributed by atoms with Gasteiger partial charge in [0.25, 0.3) is 0 Å². The van der Waals surface area contributed by atoms with Gasteiger partial charge >= 0.3 is 18.1 Å². The lowest BCUT2D eigenvalue weighted by molar-refractivity contribution is -0.139. The van der Waals surface area contributed by atoms with Crippen molar-refractivity contribution in [3.05, 3.63) is 41.1 Å². The second-order valence-electron chi connectivity index (χ2n) is 9.36. The molecule has 3 amide bonds. The maximum absolute atomic E-state index is 13.1. The monoisotopic (exact) mass is 488 g/mol. The molecule has 0 spiro atoms. The Morgan fingerprint density at radius 3 is 2.37 bits per heavy atom. The highest BCUT2D eigenvalue weighted by atomic mass is 16.6. The highest BCUT2D eigenvalue weighted by Crippen LogP contribution is 2.34. The minimum Gasteiger partial charge on any atom is -0.494 e. The molecule has 1 aromatic carbocycles. The van der Waals surface area contributed by atoms with Gasteiger partial charge in [0, 0.05) is 44.0 Å². The molecule has 0 aromatic heterocycles. The van der Waals surface area contributed by atoms with Crippen molar-refractivity contribution < 1.29 is 28.6 Å². The highest BCUT2D eigenvalue weighted by Gasteiger charge is 2.36. The third-order valence-corrected chi connectivity index (χ3v) is 5.58. The van der Waals surface area contributed by atoms with Gasteiger partial charge < -0.3 is 29.7 Å². The van der Waals surface area contributed by atoms with Crippen molar-refractivity contribution >= 4 is 18.1 Å². The first-order valence-corrected chi connectivity index (χ1v) is 12.0. The fourth-order valence-electron chi connectivity index (χ4n) is 4.07. The summed E-state index contributed by atoms with van der Waals surface area (Å²) >= 11 is 0. The van der Waals surface area contributed by atoms with E-state index >= 15 is 0 Å². The Morgan fingerprint density at radius 2 is 1.74 bits per heavy atom. The van der Waals surface area contributed by atoms with Crippen LogP contribution >= 0.6 is 0 Å². The Hall–Kier alpha value is -3.27. The maximum atomic E-state index is 13.1. The molecule has 3 rings (SSSR count). The molecular weight excluding hydrogens is 452 g/mol. The molecule has 1 atom stereocenters. The van der Waals surface area contributed by atoms with E-state index in [1.54, 1.807) is 11.8 Å². The zero-order chi connectivity index (χ0) is 25.6. The van der Waals surface area contributed by atoms with Gasteiger partial charge in [-0.25, -0.2) is 14.4 Å². The summed E-state index contributed by atoms with van der Waals surface area (Å²) in [5.41, 5.74) is 0.946. The van der Waals surface area contributed by atoms with Gasteiger partial charge in [-0.05, 0) is 40.7 Å². The summed E-state index contributed by atoms with van der Waals surface area (Å²) in [6, 6.07) is 6.20. The van der Waals surface area contributed by atoms with E-state index in [2.05, 4.69) is 15.5 Å². The number of rotatable bonds is 7. The number of amides is 3. The summed E-state index contributed by atoms with van der Waals surface area (Å²) in [5.74, 6) is 0.0908. The number of ether oxygens (including phenoxy) is 3. The van der Waals surface area contributed by atoms with Crippen LogP contribution in [0.2, 0.25) is 0 Å². The summed E-state index contributed by atoms with van der Waals surface area (Å²) in [5, 5.41) is 5.67. The normalized spacial score (nSPS) is 19.1. The molecule has 10 nitrogen and oxygen atoms in total. The molecule has 0 bridgehead atoms. The van der Waals surface area contributed by atoms with Crippen molar-refractivity contribution in [2.45, 2.75) is 46.3 Å². The van der Waals surface area contributed by atoms with Crippen LogP contribution in [0.5, 0.6) is 5.75 Å². The Morgan fingerprint density at radius 1 is 1.06 bits per heavy atom. The molecule has 2 aliphatic heterocycles. The van der Waals surface area contributed by atoms with Gasteiger partial charge in [-0.15, -0.1) is 0 Å². The van der Waals surface area contributed by atoms with Crippen LogP contribution in [0, 0.1) is 0 Å². The first kappa shape index (κ1) is 26.3. The van der Waals surface area contributed by atoms with E-state index in [9.17, 15) is 14.4 Å². The lowest BCUT2D eigenvalue weighted by Crippen LogP contribution is -2.53. The number of nitrogens with one attached hydrogen (secondary N) is 2. The summed E-state index contributed by atoms with van der Waals surface area (Å²) in [7, 11) is 0. The number of para-hydroxylation sites is 1. The van der Waals surface area contributed by atoms with Crippen molar-refractivity contribution in [3.8, 4) is 5.75 Å². The van der Waals surface area contributed by atoms with E-state index in [0.717, 1.165) is 0 Å². The van der Waals surface area contributed by atoms with Gasteiger partial charge in [0.2, 0.25) is 0 Å². The maximum Gasteiger partial charge on any atom is 0.410 e. The number of benzene rings is 1. The molecule has 10 heteroatoms. The second-order valence-corrected chi connectivity index (χ2v) is 9.36. The average molecular weight is 489 g/mol. The summed E-state index contributed by atoms with van der Waals surface area (Å²) < 4.78 is 16.6. The van der Waals surface area contributed by atoms with Crippen LogP contribution in [0.25, 0.3) is 0 Å². The molecule has 0 aliphatic carbocycles. The number of carbonyl (C=O) groups is 3. The minimum absolute atomic E-state index is 0.206. The molecule has 2 N–H and O–H groups in total. The number of carbonyl (C=O) groups excluding carboxylic acids is 3. The third-order valence-electron chi connectivity index (χ3n) is 5.58. The first-order valence-electron chi connectivity index (χ1n) is 12.0. The third kappa shape index (κ3) is 6.88. The highest BCUT2D eigenvalue weighted by molar-refractivity contribution is 5.95. The van der Waals surface area contributed by atoms with Crippen LogP contribution < -0.4 is 15.4 Å². The van der Waals surface area contributed by atoms with E-state index in [1.165, 1.54) is 0 Å². The topological polar surface area (TPSA) is 109 Å². The van der Waals surface area contributed by atoms with E-state index < -0.39 is 23.6 Å². The molecule has 35 heavy (non-hydrogen) atoms. The van der Waals surface area contributed by atoms with Crippen LogP contribution in [0.1, 0.15) is 46.2 Å². The smallest absolute Gasteiger partial charge is 0.410 e. The second kappa shape index (κ2) is 11.4. The molecule has 1 aromatic rings. The van der Waals surface area contributed by atoms with Gasteiger partial charge in [0.1, 0.15) is 11.4 Å². The standard InChI is InChI=1S/C25H36N4O6/c1-6-33-19-11-9-8-10-17(19)21-20(22(30)34-7-2)18(26-23(31)27-21)16-28-12-14-29(15-13-28)24(32)35-25(3,4)5/h8-11,21H,6-7,12-16H2,1-5H3,(H2,26,27,31). The van der Waals surface area contributed by atoms with Crippen molar-refractivity contribution in [2.24, 2.45) is 0 Å². The van der Waals surface area contributed by atoms with Crippen LogP contribution in [0.4, 0.5) is 9.59 Å². The van der Waals surface area contributed by atoms with Gasteiger partial charge in [0.05, 0.1) is 24.8 Å². The molecular formula is C25H36N4O6. The SMILES string of the molecule is CCOC(=O)C1=C(CN2CCN(C(=O)OC(C)(C)C)CC2)NC(=O)NC1c1ccccc1OCC. The fourth-order valence-corrected chi connectivity index (χ4v) is 4.07. The molecule has 192 valence electrons. The number of piperazine rings is 1. The molecule has 0 saturated carbocycles. The molecule has 2 aliphatic rings. The Balaban J connectivity index is 1.84. The Kier molecular flexibility index (Phi) is 8.61. The van der Waals surface area contributed by atoms with Crippen LogP contribution in [-0.2, 0) is 14.3 Å². The minimum atomic E-state index is -0.719. The van der Waals surface area contributed by atoms with Crippen molar-refractivity contribution in [1.82, 2.24) is 20.4 Å². The quantitative estimate of drug-likeness (QED) is 0.568. The number of urea groups is 1. The zero-order valence-electron chi connectivity index (χ0n) is 21.2. The van der Waals surface area contributed by atoms with Crippen LogP contribution in [0.15, 0.2) is 35.5 Å². The summed E-state index contributed by atoms with van der Waals surface area (Å²) in [4.78, 5) is 41.9. The van der Waals surface area contributed by atoms with E-state index in [1.807, 2.05) is 52.0 Å². The fraction of sp³-hybridized carbons (Fsp3) is 0.560. The van der Waals surface area contributed by atoms with Gasteiger partial charge in [-0.3, -0.25) is 4.90 Å². The van der Waals surface area contributed by atoms with E-state index in [0.29, 0.717) is 61.9 Å². The van der Waals surface area contributed by atoms with Crippen molar-refractivity contribution in [3.63, 3.8) is 0 Å². The number of nitrogens with zero attached hydrogens (tertiary/aromatic N) is 2. The van der Waals surface area contributed by atoms with Gasteiger partial charge in [0.15, 0.2) is 0 Å². The number of hydrogen-bond acceptors (Lipinski definition) is 7. The lowest BCUT2D eigenvalue weighted by Gasteiger charge is -2.37. The van der Waals surface area contributed by atoms with E-state index in [4.69, 9.17) is 14.2 Å². The van der Waals surface area contributed by atoms with Crippen LogP contribution in [0.3, 0.4) is 0 Å². The van der Waals surface area contributed by atoms with Crippen molar-refractivity contribution in [2.75, 3.05) is 45.9 Å². The predicted octanol–water partition coefficient (Wildman–Crippen LogP) is 2.81. The van der Waals surface area contributed by atoms with Crippen molar-refractivity contribution in [1.29, 1.82) is 0 Å². The van der Waals surface area contributed by atoms with Crippen LogP contribution in [-0.4, -0.2) is 79.4 Å². The molecule has 1 unspecified atom stereocenters. The molecule has 1 fully saturated rings. The lowest BCUT2D eigenvalue weighted by atomic mass is 9.94. The first-order chi connectivity index (χ1) is 16.6. The number of esters is 1. The molecule has 2 heterocycles. The number of hydrogen-bond donors (Lipinski definition) is 2. The summed E-state index contributed by atoms with van der Waals surface area (Å²) in [6.45, 7) is 12.2. The van der Waals surface area contributed by atoms with E-state index in [-0.39, 0.29) is 12.7 Å². The molecule has 1 saturated heterocycles. The average Bonchev–Trinajstić information content (AvgIpc) is 2.79. The predicted molar refractivity (Wildman–Crippen MR) is 130 cm³/mol. The van der Waals surface area contributed by atoms with Gasteiger partial charge in [-0.1, -0.05) is 18.2 Å². The Labute approximate surface area is 206 Å².